The van der Waals surface area contributed by atoms with E-state index in [4.69, 9.17) is 4.74 Å². The van der Waals surface area contributed by atoms with E-state index < -0.39 is 0 Å². The first-order chi connectivity index (χ1) is 11.6. The normalized spacial score (nSPS) is 10.6. The summed E-state index contributed by atoms with van der Waals surface area (Å²) in [7, 11) is 1.61. The summed E-state index contributed by atoms with van der Waals surface area (Å²) in [6, 6.07) is 11.0. The maximum absolute atomic E-state index is 12.0. The summed E-state index contributed by atoms with van der Waals surface area (Å²) < 4.78 is 7.84. The highest BCUT2D eigenvalue weighted by molar-refractivity contribution is 9.11. The number of carbonyl (C=O) groups is 2. The van der Waals surface area contributed by atoms with Crippen molar-refractivity contribution < 1.29 is 14.3 Å². The van der Waals surface area contributed by atoms with Crippen molar-refractivity contribution in [1.29, 1.82) is 0 Å². The lowest BCUT2D eigenvalue weighted by molar-refractivity contribution is -0.122. The Balaban J connectivity index is 1.62. The topological polar surface area (TPSA) is 72.4 Å². The third-order valence-electron chi connectivity index (χ3n) is 3.40. The molecule has 6 nitrogen and oxygen atoms in total. The fourth-order valence-electron chi connectivity index (χ4n) is 2.26. The van der Waals surface area contributed by atoms with E-state index in [1.54, 1.807) is 23.8 Å². The third-order valence-corrected chi connectivity index (χ3v) is 5.03. The molecular formula is C16H14BrN3O3S. The van der Waals surface area contributed by atoms with Gasteiger partial charge in [-0.3, -0.25) is 20.4 Å². The molecule has 0 bridgehead atoms. The Hall–Kier alpha value is -2.32. The predicted octanol–water partition coefficient (Wildman–Crippen LogP) is 2.94. The van der Waals surface area contributed by atoms with Crippen LogP contribution in [0.4, 0.5) is 0 Å². The standard InChI is InChI=1S/C16H14BrN3O3S/c1-23-11-2-3-12-10(8-11)6-7-20(12)9-15(21)18-19-16(22)13-4-5-14(17)24-13/h2-8H,9H2,1H3,(H,18,21)(H,19,22). The number of thiophene rings is 1. The van der Waals surface area contributed by atoms with Crippen molar-refractivity contribution in [2.75, 3.05) is 7.11 Å². The van der Waals surface area contributed by atoms with Gasteiger partial charge >= 0.3 is 0 Å². The van der Waals surface area contributed by atoms with Gasteiger partial charge in [-0.15, -0.1) is 11.3 Å². The molecule has 0 aliphatic heterocycles. The van der Waals surface area contributed by atoms with Gasteiger partial charge in [-0.1, -0.05) is 0 Å². The number of hydrogen-bond donors (Lipinski definition) is 2. The van der Waals surface area contributed by atoms with Gasteiger partial charge in [0.2, 0.25) is 0 Å². The van der Waals surface area contributed by atoms with E-state index in [2.05, 4.69) is 26.8 Å². The van der Waals surface area contributed by atoms with Crippen molar-refractivity contribution in [3.63, 3.8) is 0 Å². The van der Waals surface area contributed by atoms with Crippen LogP contribution >= 0.6 is 27.3 Å². The molecule has 0 saturated carbocycles. The first-order valence-electron chi connectivity index (χ1n) is 7.04. The number of carbonyl (C=O) groups excluding carboxylic acids is 2. The molecule has 124 valence electrons. The summed E-state index contributed by atoms with van der Waals surface area (Å²) >= 11 is 4.59. The molecule has 0 radical (unpaired) electrons. The molecule has 2 heterocycles. The molecule has 0 fully saturated rings. The van der Waals surface area contributed by atoms with Crippen LogP contribution in [0.5, 0.6) is 5.75 Å². The second-order valence-corrected chi connectivity index (χ2v) is 7.44. The molecule has 2 aromatic heterocycles. The minimum absolute atomic E-state index is 0.101. The van der Waals surface area contributed by atoms with Gasteiger partial charge in [0.15, 0.2) is 0 Å². The first kappa shape index (κ1) is 16.5. The highest BCUT2D eigenvalue weighted by Gasteiger charge is 2.11. The van der Waals surface area contributed by atoms with Gasteiger partial charge in [-0.25, -0.2) is 0 Å². The SMILES string of the molecule is COc1ccc2c(ccn2CC(=O)NNC(=O)c2ccc(Br)s2)c1. The Morgan fingerprint density at radius 1 is 1.21 bits per heavy atom. The van der Waals surface area contributed by atoms with Crippen molar-refractivity contribution in [3.8, 4) is 5.75 Å². The fraction of sp³-hybridized carbons (Fsp3) is 0.125. The molecule has 0 unspecified atom stereocenters. The lowest BCUT2D eigenvalue weighted by Crippen LogP contribution is -2.42. The van der Waals surface area contributed by atoms with Crippen LogP contribution in [0.25, 0.3) is 10.9 Å². The zero-order valence-corrected chi connectivity index (χ0v) is 15.1. The number of amides is 2. The molecule has 0 aliphatic rings. The van der Waals surface area contributed by atoms with Gasteiger partial charge in [0.25, 0.3) is 11.8 Å². The first-order valence-corrected chi connectivity index (χ1v) is 8.65. The average molecular weight is 408 g/mol. The van der Waals surface area contributed by atoms with Crippen molar-refractivity contribution in [1.82, 2.24) is 15.4 Å². The van der Waals surface area contributed by atoms with E-state index in [1.165, 1.54) is 11.3 Å². The van der Waals surface area contributed by atoms with E-state index in [9.17, 15) is 9.59 Å². The molecule has 2 amide bonds. The number of halogens is 1. The van der Waals surface area contributed by atoms with Crippen molar-refractivity contribution >= 4 is 50.0 Å². The van der Waals surface area contributed by atoms with Crippen molar-refractivity contribution in [2.24, 2.45) is 0 Å². The summed E-state index contributed by atoms with van der Waals surface area (Å²) in [6.07, 6.45) is 1.82. The molecule has 2 N–H and O–H groups in total. The lowest BCUT2D eigenvalue weighted by atomic mass is 10.2. The molecule has 24 heavy (non-hydrogen) atoms. The Kier molecular flexibility index (Phi) is 4.86. The summed E-state index contributed by atoms with van der Waals surface area (Å²) in [5.74, 6) is 0.104. The lowest BCUT2D eigenvalue weighted by Gasteiger charge is -2.08. The summed E-state index contributed by atoms with van der Waals surface area (Å²) in [5.41, 5.74) is 5.75. The van der Waals surface area contributed by atoms with Crippen LogP contribution in [-0.2, 0) is 11.3 Å². The smallest absolute Gasteiger partial charge is 0.279 e. The molecular weight excluding hydrogens is 394 g/mol. The Bertz CT molecular complexity index is 903. The largest absolute Gasteiger partial charge is 0.497 e. The van der Waals surface area contributed by atoms with E-state index in [0.717, 1.165) is 20.4 Å². The minimum Gasteiger partial charge on any atom is -0.497 e. The third kappa shape index (κ3) is 3.60. The van der Waals surface area contributed by atoms with Crippen LogP contribution in [0.3, 0.4) is 0 Å². The highest BCUT2D eigenvalue weighted by atomic mass is 79.9. The molecule has 3 rings (SSSR count). The van der Waals surface area contributed by atoms with Gasteiger partial charge in [0.05, 0.1) is 15.8 Å². The van der Waals surface area contributed by atoms with Crippen LogP contribution in [-0.4, -0.2) is 23.5 Å². The van der Waals surface area contributed by atoms with Crippen LogP contribution < -0.4 is 15.6 Å². The number of hydrogen-bond acceptors (Lipinski definition) is 4. The van der Waals surface area contributed by atoms with Gasteiger partial charge in [0, 0.05) is 17.1 Å². The Morgan fingerprint density at radius 3 is 2.75 bits per heavy atom. The highest BCUT2D eigenvalue weighted by Crippen LogP contribution is 2.22. The number of aromatic nitrogens is 1. The summed E-state index contributed by atoms with van der Waals surface area (Å²) in [6.45, 7) is 0.101. The van der Waals surface area contributed by atoms with Gasteiger partial charge in [-0.05, 0) is 52.3 Å². The van der Waals surface area contributed by atoms with Gasteiger partial charge in [-0.2, -0.15) is 0 Å². The van der Waals surface area contributed by atoms with Gasteiger partial charge in [0.1, 0.15) is 12.3 Å². The van der Waals surface area contributed by atoms with Crippen LogP contribution in [0.2, 0.25) is 0 Å². The number of rotatable bonds is 4. The van der Waals surface area contributed by atoms with Crippen LogP contribution in [0, 0.1) is 0 Å². The van der Waals surface area contributed by atoms with Crippen LogP contribution in [0.15, 0.2) is 46.4 Å². The molecule has 0 saturated heterocycles. The van der Waals surface area contributed by atoms with Crippen LogP contribution in [0.1, 0.15) is 9.67 Å². The fourth-order valence-corrected chi connectivity index (χ4v) is 3.54. The maximum atomic E-state index is 12.0. The van der Waals surface area contributed by atoms with Gasteiger partial charge < -0.3 is 9.30 Å². The minimum atomic E-state index is -0.346. The van der Waals surface area contributed by atoms with E-state index in [1.807, 2.05) is 30.5 Å². The Labute approximate surface area is 150 Å². The average Bonchev–Trinajstić information content (AvgIpc) is 3.19. The quantitative estimate of drug-likeness (QED) is 0.653. The number of ether oxygens (including phenoxy) is 1. The Morgan fingerprint density at radius 2 is 2.04 bits per heavy atom. The van der Waals surface area contributed by atoms with Crippen molar-refractivity contribution in [2.45, 2.75) is 6.54 Å². The molecule has 3 aromatic rings. The number of fused-ring (bicyclic) bond motifs is 1. The number of nitrogens with one attached hydrogen (secondary N) is 2. The monoisotopic (exact) mass is 407 g/mol. The van der Waals surface area contributed by atoms with E-state index in [-0.39, 0.29) is 18.4 Å². The molecule has 0 aliphatic carbocycles. The number of benzene rings is 1. The zero-order valence-electron chi connectivity index (χ0n) is 12.7. The summed E-state index contributed by atoms with van der Waals surface area (Å²) in [4.78, 5) is 24.4. The number of methoxy groups -OCH3 is 1. The molecule has 8 heteroatoms. The number of hydrazine groups is 1. The zero-order chi connectivity index (χ0) is 17.1. The molecule has 0 spiro atoms. The molecule has 0 atom stereocenters. The second-order valence-electron chi connectivity index (χ2n) is 4.97. The summed E-state index contributed by atoms with van der Waals surface area (Å²) in [5, 5.41) is 0.981. The van der Waals surface area contributed by atoms with E-state index >= 15 is 0 Å². The predicted molar refractivity (Wildman–Crippen MR) is 96.1 cm³/mol. The van der Waals surface area contributed by atoms with E-state index in [0.29, 0.717) is 4.88 Å². The second kappa shape index (κ2) is 7.06. The maximum Gasteiger partial charge on any atom is 0.279 e. The molecule has 1 aromatic carbocycles. The number of nitrogens with zero attached hydrogens (tertiary/aromatic N) is 1. The van der Waals surface area contributed by atoms with Crippen molar-refractivity contribution in [3.05, 3.63) is 51.3 Å².